The molecule has 0 unspecified atom stereocenters. The summed E-state index contributed by atoms with van der Waals surface area (Å²) in [5.74, 6) is -8.29. The maximum Gasteiger partial charge on any atom is 1.00 e. The van der Waals surface area contributed by atoms with Crippen molar-refractivity contribution in [2.24, 2.45) is 0 Å². The van der Waals surface area contributed by atoms with Crippen molar-refractivity contribution >= 4 is 76.0 Å². The quantitative estimate of drug-likeness (QED) is 0.136. The molecule has 0 radical (unpaired) electrons. The Labute approximate surface area is 235 Å². The Morgan fingerprint density at radius 3 is 1.12 bits per heavy atom. The number of ketones is 2. The number of halogens is 6. The first-order valence-electron chi connectivity index (χ1n) is 6.13. The third-order valence-corrected chi connectivity index (χ3v) is 5.75. The molecular weight excluding hydrogens is 616 g/mol. The summed E-state index contributed by atoms with van der Waals surface area (Å²) in [6.45, 7) is 1.43. The summed E-state index contributed by atoms with van der Waals surface area (Å²) >= 11 is 8.99. The fraction of sp³-hybridized carbons (Fsp3) is 0.625. The van der Waals surface area contributed by atoms with Crippen LogP contribution in [0.3, 0.4) is 0 Å². The third kappa shape index (κ3) is 37.8. The molecule has 0 rings (SSSR count). The van der Waals surface area contributed by atoms with E-state index < -0.39 is 75.3 Å². The molecule has 0 fully saturated rings. The minimum absolute atomic E-state index is 0. The molecule has 0 aromatic heterocycles. The first kappa shape index (κ1) is 42.6. The third-order valence-electron chi connectivity index (χ3n) is 1.53. The Kier molecular flexibility index (Phi) is 27.7. The Balaban J connectivity index is -0.0000000882. The first-order valence-corrected chi connectivity index (χ1v) is 13.0. The number of Topliss-reactive ketones (excluding diaryl/α,β-unsaturated/α-hetero) is 2. The fourth-order valence-electron chi connectivity index (χ4n) is 0.907. The van der Waals surface area contributed by atoms with Crippen molar-refractivity contribution in [3.8, 4) is 6.07 Å². The molecule has 0 saturated heterocycles. The zero-order chi connectivity index (χ0) is 26.1. The summed E-state index contributed by atoms with van der Waals surface area (Å²) in [4.78, 5) is 21.0. The van der Waals surface area contributed by atoms with E-state index in [0.29, 0.717) is 0 Å². The molecule has 0 N–H and O–H groups in total. The van der Waals surface area contributed by atoms with Gasteiger partial charge in [0, 0.05) is 16.1 Å². The van der Waals surface area contributed by atoms with Crippen LogP contribution in [0.4, 0.5) is 16.9 Å². The molecule has 0 aliphatic rings. The molecule has 0 heterocycles. The second kappa shape index (κ2) is 20.8. The summed E-state index contributed by atoms with van der Waals surface area (Å²) in [6.07, 6.45) is 0. The van der Waals surface area contributed by atoms with Crippen molar-refractivity contribution in [3.05, 3.63) is 0 Å². The molecule has 24 heteroatoms. The first-order chi connectivity index (χ1) is 13.7. The van der Waals surface area contributed by atoms with Gasteiger partial charge in [-0.15, -0.1) is 7.77 Å². The van der Waals surface area contributed by atoms with Gasteiger partial charge in [0.15, 0.2) is 11.6 Å². The van der Waals surface area contributed by atoms with Gasteiger partial charge in [-0.2, -0.15) is 46.4 Å². The standard InChI is InChI=1S/C3H4Cl2O7S2.C3H4F2O5S2.C2H3N.F2.K.H/c4-11-13(7,8)1-3(6)2-14(9,10)12-5;4-11(7,8)1-3(6)2-12(5,9)10;1-2-3;1-2;;/h1-2H2;1-2H2;1H3;;;/q;;;;+1;-1. The summed E-state index contributed by atoms with van der Waals surface area (Å²) < 4.78 is 127. The molecule has 188 valence electrons. The Morgan fingerprint density at radius 2 is 0.969 bits per heavy atom. The van der Waals surface area contributed by atoms with Gasteiger partial charge in [-0.1, -0.05) is 0 Å². The van der Waals surface area contributed by atoms with Gasteiger partial charge in [-0.3, -0.25) is 9.59 Å². The predicted octanol–water partition coefficient (Wildman–Crippen LogP) is -2.80. The van der Waals surface area contributed by atoms with Crippen LogP contribution in [-0.2, 0) is 57.7 Å². The van der Waals surface area contributed by atoms with E-state index >= 15 is 0 Å². The summed E-state index contributed by atoms with van der Waals surface area (Å²) in [5, 5.41) is 7.32. The molecular formula is C8H12Cl2F4KNO12S4. The second-order valence-electron chi connectivity index (χ2n) is 4.20. The largest absolute Gasteiger partial charge is 1.00 e. The van der Waals surface area contributed by atoms with Crippen LogP contribution in [0.5, 0.6) is 0 Å². The number of nitrogens with zero attached hydrogens (tertiary/aromatic N) is 1. The van der Waals surface area contributed by atoms with Crippen LogP contribution in [0.1, 0.15) is 8.35 Å². The zero-order valence-corrected chi connectivity index (χ0v) is 23.5. The molecule has 0 amide bonds. The molecule has 13 nitrogen and oxygen atoms in total. The number of hydrogen-bond donors (Lipinski definition) is 0. The fourth-order valence-corrected chi connectivity index (χ4v) is 3.49. The minimum Gasteiger partial charge on any atom is -1.00 e. The molecule has 0 bridgehead atoms. The van der Waals surface area contributed by atoms with E-state index in [9.17, 15) is 51.0 Å². The second-order valence-corrected chi connectivity index (χ2v) is 10.7. The Hall–Kier alpha value is 0.486. The molecule has 0 saturated carbocycles. The predicted molar refractivity (Wildman–Crippen MR) is 95.9 cm³/mol. The summed E-state index contributed by atoms with van der Waals surface area (Å²) in [7, 11) is -18.6. The monoisotopic (exact) mass is 627 g/mol. The number of carbonyl (C=O) groups is 2. The normalized spacial score (nSPS) is 10.8. The molecule has 0 spiro atoms. The maximum absolute atomic E-state index is 11.6. The van der Waals surface area contributed by atoms with Crippen molar-refractivity contribution in [1.82, 2.24) is 0 Å². The van der Waals surface area contributed by atoms with Gasteiger partial charge >= 0.3 is 71.8 Å². The number of nitriles is 1. The van der Waals surface area contributed by atoms with E-state index in [2.05, 4.69) is 31.2 Å². The maximum atomic E-state index is 11.6. The SMILES string of the molecule is CC#N.FF.O=C(CS(=O)(=O)F)CS(=O)(=O)F.O=C(CS(=O)(=O)OCl)CS(=O)(=O)OCl.[H-].[K+]. The molecule has 0 aliphatic carbocycles. The number of rotatable bonds is 10. The average Bonchev–Trinajstić information content (AvgIpc) is 2.53. The van der Waals surface area contributed by atoms with Gasteiger partial charge in [0.2, 0.25) is 0 Å². The van der Waals surface area contributed by atoms with Gasteiger partial charge in [0.05, 0.1) is 29.8 Å². The van der Waals surface area contributed by atoms with E-state index in [-0.39, 0.29) is 52.8 Å². The van der Waals surface area contributed by atoms with Crippen LogP contribution in [0.2, 0.25) is 0 Å². The van der Waals surface area contributed by atoms with Gasteiger partial charge in [-0.05, 0) is 0 Å². The molecule has 0 aromatic carbocycles. The van der Waals surface area contributed by atoms with Gasteiger partial charge < -0.3 is 1.43 Å². The summed E-state index contributed by atoms with van der Waals surface area (Å²) in [5.41, 5.74) is 0. The van der Waals surface area contributed by atoms with Crippen molar-refractivity contribution in [1.29, 1.82) is 5.26 Å². The molecule has 0 atom stereocenters. The van der Waals surface area contributed by atoms with Gasteiger partial charge in [0.25, 0.3) is 20.2 Å². The van der Waals surface area contributed by atoms with Crippen LogP contribution < -0.4 is 51.4 Å². The van der Waals surface area contributed by atoms with E-state index in [1.807, 2.05) is 0 Å². The van der Waals surface area contributed by atoms with Crippen LogP contribution in [0.25, 0.3) is 0 Å². The van der Waals surface area contributed by atoms with Crippen LogP contribution in [0.15, 0.2) is 0 Å². The van der Waals surface area contributed by atoms with Crippen molar-refractivity contribution < 1.29 is 120 Å². The Morgan fingerprint density at radius 1 is 0.781 bits per heavy atom. The van der Waals surface area contributed by atoms with Crippen LogP contribution in [0, 0.1) is 11.3 Å². The number of hydrogen-bond acceptors (Lipinski definition) is 13. The van der Waals surface area contributed by atoms with Crippen molar-refractivity contribution in [2.75, 3.05) is 23.0 Å². The number of carbonyl (C=O) groups excluding carboxylic acids is 2. The van der Waals surface area contributed by atoms with Crippen LogP contribution >= 0.6 is 23.7 Å². The van der Waals surface area contributed by atoms with Gasteiger partial charge in [0.1, 0.15) is 23.0 Å². The van der Waals surface area contributed by atoms with Crippen LogP contribution in [-0.4, -0.2) is 68.2 Å². The van der Waals surface area contributed by atoms with Crippen molar-refractivity contribution in [2.45, 2.75) is 6.92 Å². The topological polar surface area (TPSA) is 213 Å². The van der Waals surface area contributed by atoms with E-state index in [4.69, 9.17) is 14.4 Å². The van der Waals surface area contributed by atoms with E-state index in [1.54, 1.807) is 6.07 Å². The average molecular weight is 628 g/mol. The zero-order valence-electron chi connectivity index (χ0n) is 16.6. The Bertz CT molecular complexity index is 960. The van der Waals surface area contributed by atoms with Crippen molar-refractivity contribution in [3.63, 3.8) is 0 Å². The molecule has 0 aliphatic heterocycles. The van der Waals surface area contributed by atoms with E-state index in [1.165, 1.54) is 6.92 Å². The molecule has 32 heavy (non-hydrogen) atoms. The van der Waals surface area contributed by atoms with Gasteiger partial charge in [-0.25, -0.2) is 0 Å². The summed E-state index contributed by atoms with van der Waals surface area (Å²) in [6, 6.07) is 1.75. The minimum atomic E-state index is -5.08. The van der Waals surface area contributed by atoms with E-state index in [0.717, 1.165) is 0 Å². The smallest absolute Gasteiger partial charge is 1.00 e. The molecule has 0 aromatic rings.